The van der Waals surface area contributed by atoms with Gasteiger partial charge in [-0.15, -0.1) is 0 Å². The van der Waals surface area contributed by atoms with Gasteiger partial charge in [-0.1, -0.05) is 61.2 Å². The van der Waals surface area contributed by atoms with Gasteiger partial charge in [0.05, 0.1) is 0 Å². The van der Waals surface area contributed by atoms with Crippen molar-refractivity contribution in [3.63, 3.8) is 0 Å². The summed E-state index contributed by atoms with van der Waals surface area (Å²) in [6, 6.07) is 20.4. The first-order valence-electron chi connectivity index (χ1n) is 8.58. The maximum absolute atomic E-state index is 4.24. The highest BCUT2D eigenvalue weighted by Crippen LogP contribution is 2.21. The molecule has 122 valence electrons. The van der Waals surface area contributed by atoms with Crippen molar-refractivity contribution in [3.05, 3.63) is 77.9 Å². The molecule has 0 N–H and O–H groups in total. The van der Waals surface area contributed by atoms with Crippen LogP contribution in [0, 0.1) is 0 Å². The second kappa shape index (κ2) is 8.12. The summed E-state index contributed by atoms with van der Waals surface area (Å²) < 4.78 is 0. The minimum absolute atomic E-state index is 0.590. The maximum Gasteiger partial charge on any atom is 0.00414 e. The topological polar surface area (TPSA) is 3.24 Å². The van der Waals surface area contributed by atoms with Crippen molar-refractivity contribution >= 4 is 5.57 Å². The molecule has 1 heteroatoms. The van der Waals surface area contributed by atoms with E-state index >= 15 is 0 Å². The third-order valence-corrected chi connectivity index (χ3v) is 4.41. The molecule has 23 heavy (non-hydrogen) atoms. The van der Waals surface area contributed by atoms with Gasteiger partial charge in [-0.05, 0) is 56.4 Å². The molecular weight excluding hydrogens is 278 g/mol. The van der Waals surface area contributed by atoms with E-state index in [2.05, 4.69) is 87.7 Å². The molecule has 0 amide bonds. The average Bonchev–Trinajstić information content (AvgIpc) is 2.55. The summed E-state index contributed by atoms with van der Waals surface area (Å²) in [6.45, 7) is 14.4. The molecule has 0 aliphatic rings. The molecular formula is C22H29N. The minimum Gasteiger partial charge on any atom is -0.298 e. The van der Waals surface area contributed by atoms with Gasteiger partial charge in [0.2, 0.25) is 0 Å². The lowest BCUT2D eigenvalue weighted by Gasteiger charge is -2.30. The number of hydrogen-bond donors (Lipinski definition) is 0. The third-order valence-electron chi connectivity index (χ3n) is 4.41. The molecule has 0 atom stereocenters. The van der Waals surface area contributed by atoms with Crippen LogP contribution in [0.1, 0.15) is 44.4 Å². The molecule has 0 spiro atoms. The van der Waals surface area contributed by atoms with Crippen molar-refractivity contribution in [2.45, 2.75) is 46.2 Å². The fourth-order valence-electron chi connectivity index (χ4n) is 3.05. The van der Waals surface area contributed by atoms with Crippen LogP contribution in [0.15, 0.2) is 61.2 Å². The lowest BCUT2D eigenvalue weighted by Crippen LogP contribution is -2.38. The number of hydrogen-bond acceptors (Lipinski definition) is 1. The molecule has 0 radical (unpaired) electrons. The highest BCUT2D eigenvalue weighted by molar-refractivity contribution is 5.77. The quantitative estimate of drug-likeness (QED) is 0.661. The Kier molecular flexibility index (Phi) is 6.18. The van der Waals surface area contributed by atoms with Crippen molar-refractivity contribution in [2.75, 3.05) is 6.54 Å². The molecule has 0 aliphatic carbocycles. The van der Waals surface area contributed by atoms with Crippen LogP contribution in [-0.2, 0) is 6.42 Å². The van der Waals surface area contributed by atoms with E-state index in [-0.39, 0.29) is 0 Å². The SMILES string of the molecule is C=C(c1ccccc1)c1ccc(CCN(C(C)C)C(C)C)cc1. The van der Waals surface area contributed by atoms with Gasteiger partial charge in [0.15, 0.2) is 0 Å². The molecule has 0 aliphatic heterocycles. The van der Waals surface area contributed by atoms with E-state index in [0.717, 1.165) is 18.5 Å². The Hall–Kier alpha value is -1.86. The fraction of sp³-hybridized carbons (Fsp3) is 0.364. The highest BCUT2D eigenvalue weighted by Gasteiger charge is 2.12. The summed E-state index contributed by atoms with van der Waals surface area (Å²) in [5, 5.41) is 0. The maximum atomic E-state index is 4.24. The van der Waals surface area contributed by atoms with Crippen molar-refractivity contribution in [3.8, 4) is 0 Å². The lowest BCUT2D eigenvalue weighted by molar-refractivity contribution is 0.177. The van der Waals surface area contributed by atoms with Gasteiger partial charge in [0.25, 0.3) is 0 Å². The van der Waals surface area contributed by atoms with Crippen molar-refractivity contribution in [2.24, 2.45) is 0 Å². The van der Waals surface area contributed by atoms with Crippen LogP contribution in [0.2, 0.25) is 0 Å². The molecule has 0 saturated heterocycles. The van der Waals surface area contributed by atoms with E-state index < -0.39 is 0 Å². The summed E-state index contributed by atoms with van der Waals surface area (Å²) in [5.41, 5.74) is 4.86. The molecule has 0 bridgehead atoms. The summed E-state index contributed by atoms with van der Waals surface area (Å²) in [7, 11) is 0. The smallest absolute Gasteiger partial charge is 0.00414 e. The molecule has 2 rings (SSSR count). The van der Waals surface area contributed by atoms with E-state index in [1.165, 1.54) is 16.7 Å². The van der Waals surface area contributed by atoms with Gasteiger partial charge in [0.1, 0.15) is 0 Å². The zero-order valence-corrected chi connectivity index (χ0v) is 14.9. The summed E-state index contributed by atoms with van der Waals surface area (Å²) in [6.07, 6.45) is 1.09. The van der Waals surface area contributed by atoms with E-state index in [9.17, 15) is 0 Å². The van der Waals surface area contributed by atoms with Crippen LogP contribution in [0.3, 0.4) is 0 Å². The summed E-state index contributed by atoms with van der Waals surface area (Å²) in [4.78, 5) is 2.54. The first kappa shape index (κ1) is 17.5. The van der Waals surface area contributed by atoms with Gasteiger partial charge in [-0.2, -0.15) is 0 Å². The summed E-state index contributed by atoms with van der Waals surface area (Å²) in [5.74, 6) is 0. The van der Waals surface area contributed by atoms with Crippen molar-refractivity contribution < 1.29 is 0 Å². The molecule has 0 aromatic heterocycles. The number of rotatable bonds is 7. The molecule has 1 nitrogen and oxygen atoms in total. The van der Waals surface area contributed by atoms with E-state index in [1.54, 1.807) is 0 Å². The van der Waals surface area contributed by atoms with Gasteiger partial charge in [-0.25, -0.2) is 0 Å². The Labute approximate surface area is 141 Å². The molecule has 0 saturated carbocycles. The second-order valence-corrected chi connectivity index (χ2v) is 6.72. The monoisotopic (exact) mass is 307 g/mol. The van der Waals surface area contributed by atoms with Gasteiger partial charge in [0, 0.05) is 18.6 Å². The first-order valence-corrected chi connectivity index (χ1v) is 8.58. The Morgan fingerprint density at radius 2 is 1.35 bits per heavy atom. The predicted molar refractivity (Wildman–Crippen MR) is 102 cm³/mol. The Morgan fingerprint density at radius 1 is 0.826 bits per heavy atom. The van der Waals surface area contributed by atoms with Crippen molar-refractivity contribution in [1.82, 2.24) is 4.90 Å². The second-order valence-electron chi connectivity index (χ2n) is 6.72. The standard InChI is InChI=1S/C22H29N/c1-17(2)23(18(3)4)16-15-20-11-13-22(14-12-20)19(5)21-9-7-6-8-10-21/h6-14,17-18H,5,15-16H2,1-4H3. The largest absolute Gasteiger partial charge is 0.298 e. The van der Waals surface area contributed by atoms with Crippen LogP contribution >= 0.6 is 0 Å². The zero-order valence-electron chi connectivity index (χ0n) is 14.9. The molecule has 0 unspecified atom stereocenters. The van der Waals surface area contributed by atoms with Crippen LogP contribution < -0.4 is 0 Å². The van der Waals surface area contributed by atoms with Crippen LogP contribution in [0.4, 0.5) is 0 Å². The number of nitrogens with zero attached hydrogens (tertiary/aromatic N) is 1. The Balaban J connectivity index is 2.01. The lowest BCUT2D eigenvalue weighted by atomic mass is 9.98. The van der Waals surface area contributed by atoms with Crippen LogP contribution in [0.5, 0.6) is 0 Å². The average molecular weight is 307 g/mol. The Morgan fingerprint density at radius 3 is 1.87 bits per heavy atom. The molecule has 0 heterocycles. The predicted octanol–water partition coefficient (Wildman–Crippen LogP) is 5.41. The van der Waals surface area contributed by atoms with Gasteiger partial charge < -0.3 is 0 Å². The van der Waals surface area contributed by atoms with Crippen LogP contribution in [-0.4, -0.2) is 23.5 Å². The molecule has 2 aromatic rings. The minimum atomic E-state index is 0.590. The van der Waals surface area contributed by atoms with Gasteiger partial charge in [-0.3, -0.25) is 4.90 Å². The van der Waals surface area contributed by atoms with Crippen molar-refractivity contribution in [1.29, 1.82) is 0 Å². The normalized spacial score (nSPS) is 11.4. The summed E-state index contributed by atoms with van der Waals surface area (Å²) >= 11 is 0. The van der Waals surface area contributed by atoms with Gasteiger partial charge >= 0.3 is 0 Å². The van der Waals surface area contributed by atoms with E-state index in [0.29, 0.717) is 12.1 Å². The van der Waals surface area contributed by atoms with Crippen LogP contribution in [0.25, 0.3) is 5.57 Å². The molecule has 2 aromatic carbocycles. The molecule has 0 fully saturated rings. The number of benzene rings is 2. The zero-order chi connectivity index (χ0) is 16.8. The van der Waals surface area contributed by atoms with E-state index in [1.807, 2.05) is 6.07 Å². The van der Waals surface area contributed by atoms with E-state index in [4.69, 9.17) is 0 Å². The highest BCUT2D eigenvalue weighted by atomic mass is 15.2. The Bertz CT molecular complexity index is 600. The first-order chi connectivity index (χ1) is 11.0. The third kappa shape index (κ3) is 4.80. The fourth-order valence-corrected chi connectivity index (χ4v) is 3.05.